The van der Waals surface area contributed by atoms with E-state index in [1.807, 2.05) is 12.2 Å². The summed E-state index contributed by atoms with van der Waals surface area (Å²) in [6.45, 7) is 2.08. The minimum absolute atomic E-state index is 0.0314. The molecule has 0 aromatic rings. The first-order chi connectivity index (χ1) is 13.6. The average Bonchev–Trinajstić information content (AvgIpc) is 2.69. The summed E-state index contributed by atoms with van der Waals surface area (Å²) < 4.78 is 0. The van der Waals surface area contributed by atoms with Gasteiger partial charge in [-0.2, -0.15) is 0 Å². The Morgan fingerprint density at radius 1 is 0.857 bits per heavy atom. The molecule has 156 valence electrons. The molecule has 0 radical (unpaired) electrons. The van der Waals surface area contributed by atoms with E-state index in [-0.39, 0.29) is 6.42 Å². The number of carboxylic acid groups (broad SMARTS) is 1. The summed E-state index contributed by atoms with van der Waals surface area (Å²) in [5.74, 6) is -1.09. The van der Waals surface area contributed by atoms with E-state index in [0.29, 0.717) is 19.3 Å². The van der Waals surface area contributed by atoms with Crippen molar-refractivity contribution < 1.29 is 30.2 Å². The molecule has 0 aromatic heterocycles. The fourth-order valence-electron chi connectivity index (χ4n) is 2.04. The van der Waals surface area contributed by atoms with Crippen molar-refractivity contribution in [3.63, 3.8) is 0 Å². The predicted molar refractivity (Wildman–Crippen MR) is 108 cm³/mol. The standard InChI is InChI=1S/C22H32O6/c1-2-3-4-5-6-10-15-20(27-25)16-11-7-8-12-17-21(28-26)18-13-9-14-19-22(23)24/h3-4,6-13,16-17,20-21,25-26H,2,5,14-15,18-19H2,1H3,(H,23,24)/p-1/b4-3-,8-7-,10-6-,13-9-,16-11+,17-12+/t20-,21+/m0/s1. The molecule has 0 fully saturated rings. The maximum Gasteiger partial charge on any atom is 0.115 e. The van der Waals surface area contributed by atoms with Crippen LogP contribution in [0.4, 0.5) is 0 Å². The van der Waals surface area contributed by atoms with Crippen molar-refractivity contribution in [2.75, 3.05) is 0 Å². The largest absolute Gasteiger partial charge is 0.550 e. The van der Waals surface area contributed by atoms with Gasteiger partial charge in [0.1, 0.15) is 12.2 Å². The highest BCUT2D eigenvalue weighted by molar-refractivity contribution is 5.64. The van der Waals surface area contributed by atoms with Gasteiger partial charge in [-0.1, -0.05) is 79.8 Å². The van der Waals surface area contributed by atoms with Crippen LogP contribution in [0.25, 0.3) is 0 Å². The van der Waals surface area contributed by atoms with Gasteiger partial charge in [0.05, 0.1) is 0 Å². The summed E-state index contributed by atoms with van der Waals surface area (Å²) in [5.41, 5.74) is 0. The van der Waals surface area contributed by atoms with Crippen LogP contribution in [-0.4, -0.2) is 28.7 Å². The van der Waals surface area contributed by atoms with Crippen molar-refractivity contribution in [3.8, 4) is 0 Å². The van der Waals surface area contributed by atoms with Crippen molar-refractivity contribution in [3.05, 3.63) is 72.9 Å². The summed E-state index contributed by atoms with van der Waals surface area (Å²) >= 11 is 0. The summed E-state index contributed by atoms with van der Waals surface area (Å²) in [6.07, 6.45) is 24.3. The Balaban J connectivity index is 4.20. The van der Waals surface area contributed by atoms with Gasteiger partial charge >= 0.3 is 0 Å². The molecule has 0 aromatic carbocycles. The molecular weight excluding hydrogens is 360 g/mol. The Kier molecular flexibility index (Phi) is 17.9. The van der Waals surface area contributed by atoms with Crippen LogP contribution < -0.4 is 5.11 Å². The second kappa shape index (κ2) is 19.5. The van der Waals surface area contributed by atoms with Crippen LogP contribution in [0.2, 0.25) is 0 Å². The zero-order valence-electron chi connectivity index (χ0n) is 16.4. The lowest BCUT2D eigenvalue weighted by Gasteiger charge is -2.04. The molecule has 0 saturated heterocycles. The first-order valence-corrected chi connectivity index (χ1v) is 9.40. The van der Waals surface area contributed by atoms with Gasteiger partial charge in [0.15, 0.2) is 0 Å². The van der Waals surface area contributed by atoms with E-state index >= 15 is 0 Å². The number of hydrogen-bond acceptors (Lipinski definition) is 6. The Hall–Kier alpha value is -2.25. The first-order valence-electron chi connectivity index (χ1n) is 9.40. The van der Waals surface area contributed by atoms with Gasteiger partial charge in [-0.05, 0) is 38.5 Å². The lowest BCUT2D eigenvalue weighted by Crippen LogP contribution is -2.21. The molecule has 2 atom stereocenters. The van der Waals surface area contributed by atoms with Crippen LogP contribution in [0, 0.1) is 0 Å². The summed E-state index contributed by atoms with van der Waals surface area (Å²) in [4.78, 5) is 19.0. The van der Waals surface area contributed by atoms with Crippen molar-refractivity contribution >= 4 is 5.97 Å². The zero-order chi connectivity index (χ0) is 20.9. The quantitative estimate of drug-likeness (QED) is 0.177. The van der Waals surface area contributed by atoms with Crippen LogP contribution >= 0.6 is 0 Å². The molecule has 0 aliphatic heterocycles. The maximum absolute atomic E-state index is 10.3. The van der Waals surface area contributed by atoms with E-state index in [4.69, 9.17) is 10.5 Å². The third-order valence-corrected chi connectivity index (χ3v) is 3.52. The van der Waals surface area contributed by atoms with E-state index in [1.54, 1.807) is 48.6 Å². The minimum Gasteiger partial charge on any atom is -0.550 e. The van der Waals surface area contributed by atoms with Crippen LogP contribution in [-0.2, 0) is 14.6 Å². The average molecular weight is 391 g/mol. The highest BCUT2D eigenvalue weighted by Crippen LogP contribution is 2.04. The molecule has 0 aliphatic carbocycles. The van der Waals surface area contributed by atoms with Gasteiger partial charge in [-0.15, -0.1) is 0 Å². The maximum atomic E-state index is 10.3. The molecule has 0 heterocycles. The summed E-state index contributed by atoms with van der Waals surface area (Å²) in [6, 6.07) is 0. The van der Waals surface area contributed by atoms with E-state index in [0.717, 1.165) is 12.8 Å². The molecule has 0 unspecified atom stereocenters. The number of carbonyl (C=O) groups is 1. The number of hydrogen-bond donors (Lipinski definition) is 2. The van der Waals surface area contributed by atoms with Gasteiger partial charge < -0.3 is 9.90 Å². The van der Waals surface area contributed by atoms with E-state index in [2.05, 4.69) is 28.9 Å². The zero-order valence-corrected chi connectivity index (χ0v) is 16.4. The lowest BCUT2D eigenvalue weighted by molar-refractivity contribution is -0.305. The van der Waals surface area contributed by atoms with Gasteiger partial charge in [-0.25, -0.2) is 9.78 Å². The smallest absolute Gasteiger partial charge is 0.115 e. The Bertz CT molecular complexity index is 557. The molecule has 0 aliphatic rings. The number of carboxylic acids is 1. The lowest BCUT2D eigenvalue weighted by atomic mass is 10.2. The molecule has 0 amide bonds. The molecular formula is C22H31O6-. The highest BCUT2D eigenvalue weighted by Gasteiger charge is 2.01. The van der Waals surface area contributed by atoms with E-state index < -0.39 is 18.2 Å². The predicted octanol–water partition coefficient (Wildman–Crippen LogP) is 4.15. The van der Waals surface area contributed by atoms with Crippen LogP contribution in [0.15, 0.2) is 72.9 Å². The van der Waals surface area contributed by atoms with Gasteiger partial charge in [0.25, 0.3) is 0 Å². The molecule has 0 rings (SSSR count). The van der Waals surface area contributed by atoms with Crippen LogP contribution in [0.1, 0.15) is 45.4 Å². The molecule has 0 saturated carbocycles. The number of rotatable bonds is 16. The number of allylic oxidation sites excluding steroid dienone is 8. The minimum atomic E-state index is -1.09. The fourth-order valence-corrected chi connectivity index (χ4v) is 2.04. The molecule has 6 nitrogen and oxygen atoms in total. The Morgan fingerprint density at radius 2 is 1.39 bits per heavy atom. The van der Waals surface area contributed by atoms with Crippen molar-refractivity contribution in [2.45, 2.75) is 57.7 Å². The molecule has 28 heavy (non-hydrogen) atoms. The monoisotopic (exact) mass is 391 g/mol. The first kappa shape index (κ1) is 25.8. The molecule has 2 N–H and O–H groups in total. The normalized spacial score (nSPS) is 15.2. The van der Waals surface area contributed by atoms with Gasteiger partial charge in [0.2, 0.25) is 0 Å². The van der Waals surface area contributed by atoms with Crippen LogP contribution in [0.3, 0.4) is 0 Å². The SMILES string of the molecule is CC/C=C\C/C=C\C[C@@H](/C=C/C=C\C=C\[C@H](C/C=C\CCC(=O)[O-])OO)OO. The topological polar surface area (TPSA) is 99.1 Å². The molecule has 0 bridgehead atoms. The third-order valence-electron chi connectivity index (χ3n) is 3.52. The Morgan fingerprint density at radius 3 is 1.89 bits per heavy atom. The Labute approximate surface area is 167 Å². The highest BCUT2D eigenvalue weighted by atomic mass is 17.1. The molecule has 0 spiro atoms. The van der Waals surface area contributed by atoms with Crippen LogP contribution in [0.5, 0.6) is 0 Å². The second-order valence-corrected chi connectivity index (χ2v) is 5.88. The summed E-state index contributed by atoms with van der Waals surface area (Å²) in [7, 11) is 0. The third kappa shape index (κ3) is 17.2. The number of carbonyl (C=O) groups excluding carboxylic acids is 1. The molecule has 6 heteroatoms. The second-order valence-electron chi connectivity index (χ2n) is 5.88. The number of aliphatic carboxylic acids is 1. The van der Waals surface area contributed by atoms with E-state index in [9.17, 15) is 9.90 Å². The van der Waals surface area contributed by atoms with E-state index in [1.165, 1.54) is 0 Å². The van der Waals surface area contributed by atoms with Gasteiger partial charge in [-0.3, -0.25) is 10.5 Å². The van der Waals surface area contributed by atoms with Crippen molar-refractivity contribution in [1.82, 2.24) is 0 Å². The van der Waals surface area contributed by atoms with Gasteiger partial charge in [0, 0.05) is 5.97 Å². The van der Waals surface area contributed by atoms with Crippen molar-refractivity contribution in [2.24, 2.45) is 0 Å². The van der Waals surface area contributed by atoms with Crippen molar-refractivity contribution in [1.29, 1.82) is 0 Å². The fraction of sp³-hybridized carbons (Fsp3) is 0.409. The summed E-state index contributed by atoms with van der Waals surface area (Å²) in [5, 5.41) is 28.0.